The van der Waals surface area contributed by atoms with E-state index in [1.165, 1.54) is 4.57 Å². The van der Waals surface area contributed by atoms with Crippen molar-refractivity contribution >= 4 is 22.8 Å². The number of hydrogen-bond acceptors (Lipinski definition) is 2. The Hall–Kier alpha value is -2.30. The predicted octanol–water partition coefficient (Wildman–Crippen LogP) is 1.53. The number of benzene rings is 1. The Labute approximate surface area is 96.9 Å². The van der Waals surface area contributed by atoms with Gasteiger partial charge in [-0.25, -0.2) is 4.79 Å². The van der Waals surface area contributed by atoms with Crippen molar-refractivity contribution in [2.45, 2.75) is 13.5 Å². The maximum Gasteiger partial charge on any atom is 0.352 e. The van der Waals surface area contributed by atoms with E-state index >= 15 is 0 Å². The highest BCUT2D eigenvalue weighted by molar-refractivity contribution is 5.98. The lowest BCUT2D eigenvalue weighted by Gasteiger charge is -2.04. The Morgan fingerprint density at radius 3 is 2.71 bits per heavy atom. The molecule has 0 saturated heterocycles. The smallest absolute Gasteiger partial charge is 0.352 e. The van der Waals surface area contributed by atoms with Crippen LogP contribution >= 0.6 is 0 Å². The average Bonchev–Trinajstić information content (AvgIpc) is 2.52. The van der Waals surface area contributed by atoms with Crippen molar-refractivity contribution in [3.63, 3.8) is 0 Å². The molecular weight excluding hydrogens is 222 g/mol. The van der Waals surface area contributed by atoms with Gasteiger partial charge in [0, 0.05) is 5.39 Å². The van der Waals surface area contributed by atoms with Crippen LogP contribution in [0.4, 0.5) is 0 Å². The largest absolute Gasteiger partial charge is 0.480 e. The Morgan fingerprint density at radius 2 is 2.12 bits per heavy atom. The first kappa shape index (κ1) is 11.2. The first-order valence-corrected chi connectivity index (χ1v) is 4.97. The maximum absolute atomic E-state index is 11.2. The lowest BCUT2D eigenvalue weighted by atomic mass is 10.1. The third-order valence-corrected chi connectivity index (χ3v) is 2.62. The zero-order valence-corrected chi connectivity index (χ0v) is 9.10. The molecule has 2 aromatic rings. The Kier molecular flexibility index (Phi) is 2.59. The summed E-state index contributed by atoms with van der Waals surface area (Å²) >= 11 is 0. The molecule has 0 unspecified atom stereocenters. The highest BCUT2D eigenvalue weighted by Crippen LogP contribution is 2.25. The average molecular weight is 232 g/mol. The highest BCUT2D eigenvalue weighted by Gasteiger charge is 2.20. The zero-order chi connectivity index (χ0) is 12.6. The molecule has 2 N–H and O–H groups in total. The summed E-state index contributed by atoms with van der Waals surface area (Å²) in [6, 6.07) is 7.99. The van der Waals surface area contributed by atoms with Crippen LogP contribution in [0.3, 0.4) is 0 Å². The van der Waals surface area contributed by atoms with E-state index in [0.29, 0.717) is 16.5 Å². The number of aromatic carboxylic acids is 1. The van der Waals surface area contributed by atoms with Crippen molar-refractivity contribution in [2.24, 2.45) is 0 Å². The van der Waals surface area contributed by atoms with Crippen LogP contribution in [-0.2, 0) is 11.3 Å². The fourth-order valence-electron chi connectivity index (χ4n) is 1.97. The van der Waals surface area contributed by atoms with Gasteiger partial charge in [-0.05, 0) is 24.6 Å². The van der Waals surface area contributed by atoms with E-state index in [2.05, 4.69) is 6.07 Å². The van der Waals surface area contributed by atoms with Gasteiger partial charge in [-0.15, -0.1) is 0 Å². The summed E-state index contributed by atoms with van der Waals surface area (Å²) in [6.45, 7) is 1.28. The first-order chi connectivity index (χ1) is 8.02. The molecule has 87 valence electrons. The molecule has 0 atom stereocenters. The minimum Gasteiger partial charge on any atom is -0.480 e. The van der Waals surface area contributed by atoms with Crippen LogP contribution in [0.1, 0.15) is 16.1 Å². The molecule has 0 aliphatic heterocycles. The second kappa shape index (κ2) is 3.93. The van der Waals surface area contributed by atoms with Gasteiger partial charge in [0.2, 0.25) is 0 Å². The van der Waals surface area contributed by atoms with E-state index in [1.807, 2.05) is 0 Å². The first-order valence-electron chi connectivity index (χ1n) is 4.97. The summed E-state index contributed by atoms with van der Waals surface area (Å²) in [4.78, 5) is 21.9. The summed E-state index contributed by atoms with van der Waals surface area (Å²) in [6.07, 6.45) is 0. The SMILES string of the molecule is Cc1c(C(=O)O)n(CC(=O)O)c2ccc[c]c12. The van der Waals surface area contributed by atoms with E-state index in [4.69, 9.17) is 10.2 Å². The molecule has 5 nitrogen and oxygen atoms in total. The lowest BCUT2D eigenvalue weighted by Crippen LogP contribution is -2.15. The zero-order valence-electron chi connectivity index (χ0n) is 9.10. The fraction of sp³-hybridized carbons (Fsp3) is 0.167. The van der Waals surface area contributed by atoms with Gasteiger partial charge in [-0.2, -0.15) is 0 Å². The summed E-state index contributed by atoms with van der Waals surface area (Å²) in [7, 11) is 0. The van der Waals surface area contributed by atoms with E-state index in [9.17, 15) is 9.59 Å². The maximum atomic E-state index is 11.2. The van der Waals surface area contributed by atoms with Gasteiger partial charge in [-0.1, -0.05) is 12.1 Å². The molecule has 0 aliphatic carbocycles. The molecule has 0 aliphatic rings. The van der Waals surface area contributed by atoms with Gasteiger partial charge in [0.15, 0.2) is 0 Å². The fourth-order valence-corrected chi connectivity index (χ4v) is 1.97. The quantitative estimate of drug-likeness (QED) is 0.841. The van der Waals surface area contributed by atoms with Crippen LogP contribution in [0.2, 0.25) is 0 Å². The number of hydrogen-bond donors (Lipinski definition) is 2. The molecule has 17 heavy (non-hydrogen) atoms. The molecule has 0 spiro atoms. The molecule has 1 radical (unpaired) electrons. The Balaban J connectivity index is 2.80. The molecule has 0 amide bonds. The third kappa shape index (κ3) is 1.75. The van der Waals surface area contributed by atoms with Gasteiger partial charge >= 0.3 is 11.9 Å². The van der Waals surface area contributed by atoms with Gasteiger partial charge < -0.3 is 14.8 Å². The Morgan fingerprint density at radius 1 is 1.41 bits per heavy atom. The standard InChI is InChI=1S/C12H10NO4/c1-7-8-4-2-3-5-9(8)13(6-10(14)15)11(7)12(16)17/h2-3,5H,6H2,1H3,(H,14,15)(H,16,17). The van der Waals surface area contributed by atoms with E-state index in [0.717, 1.165) is 0 Å². The number of carboxylic acid groups (broad SMARTS) is 2. The van der Waals surface area contributed by atoms with Gasteiger partial charge in [0.25, 0.3) is 0 Å². The van der Waals surface area contributed by atoms with Crippen LogP contribution in [-0.4, -0.2) is 26.7 Å². The molecule has 1 aromatic heterocycles. The minimum absolute atomic E-state index is 0.00449. The number of carboxylic acids is 2. The number of aromatic nitrogens is 1. The van der Waals surface area contributed by atoms with Crippen molar-refractivity contribution in [3.8, 4) is 0 Å². The van der Waals surface area contributed by atoms with Gasteiger partial charge in [0.05, 0.1) is 5.52 Å². The molecule has 0 bridgehead atoms. The lowest BCUT2D eigenvalue weighted by molar-refractivity contribution is -0.137. The summed E-state index contributed by atoms with van der Waals surface area (Å²) in [5.41, 5.74) is 1.11. The molecule has 2 rings (SSSR count). The number of aliphatic carboxylic acids is 1. The van der Waals surface area contributed by atoms with Crippen LogP contribution in [0.25, 0.3) is 10.9 Å². The molecule has 5 heteroatoms. The van der Waals surface area contributed by atoms with E-state index in [-0.39, 0.29) is 12.2 Å². The van der Waals surface area contributed by atoms with Crippen LogP contribution in [0.15, 0.2) is 18.2 Å². The number of fused-ring (bicyclic) bond motifs is 1. The second-order valence-corrected chi connectivity index (χ2v) is 3.69. The summed E-state index contributed by atoms with van der Waals surface area (Å²) < 4.78 is 1.28. The number of nitrogens with zero attached hydrogens (tertiary/aromatic N) is 1. The highest BCUT2D eigenvalue weighted by atomic mass is 16.4. The summed E-state index contributed by atoms with van der Waals surface area (Å²) in [5, 5.41) is 18.6. The molecular formula is C12H10NO4. The summed E-state index contributed by atoms with van der Waals surface area (Å²) in [5.74, 6) is -2.21. The van der Waals surface area contributed by atoms with Crippen molar-refractivity contribution in [1.82, 2.24) is 4.57 Å². The van der Waals surface area contributed by atoms with Crippen molar-refractivity contribution in [2.75, 3.05) is 0 Å². The number of aryl methyl sites for hydroxylation is 1. The molecule has 0 fully saturated rings. The number of rotatable bonds is 3. The van der Waals surface area contributed by atoms with Crippen molar-refractivity contribution in [1.29, 1.82) is 0 Å². The predicted molar refractivity (Wildman–Crippen MR) is 60.1 cm³/mol. The van der Waals surface area contributed by atoms with E-state index in [1.54, 1.807) is 25.1 Å². The number of carbonyl (C=O) groups is 2. The van der Waals surface area contributed by atoms with Crippen molar-refractivity contribution in [3.05, 3.63) is 35.5 Å². The molecule has 1 aromatic carbocycles. The van der Waals surface area contributed by atoms with Crippen LogP contribution in [0.5, 0.6) is 0 Å². The van der Waals surface area contributed by atoms with Crippen LogP contribution in [0, 0.1) is 13.0 Å². The Bertz CT molecular complexity index is 612. The third-order valence-electron chi connectivity index (χ3n) is 2.62. The minimum atomic E-state index is -1.13. The molecule has 1 heterocycles. The van der Waals surface area contributed by atoms with Crippen LogP contribution < -0.4 is 0 Å². The normalized spacial score (nSPS) is 10.6. The monoisotopic (exact) mass is 232 g/mol. The van der Waals surface area contributed by atoms with E-state index < -0.39 is 11.9 Å². The van der Waals surface area contributed by atoms with Gasteiger partial charge in [-0.3, -0.25) is 4.79 Å². The molecule has 0 saturated carbocycles. The van der Waals surface area contributed by atoms with Gasteiger partial charge in [0.1, 0.15) is 12.2 Å². The second-order valence-electron chi connectivity index (χ2n) is 3.69. The topological polar surface area (TPSA) is 79.5 Å². The van der Waals surface area contributed by atoms with Crippen molar-refractivity contribution < 1.29 is 19.8 Å².